The Balaban J connectivity index is 1.45. The summed E-state index contributed by atoms with van der Waals surface area (Å²) in [5.41, 5.74) is 14.4. The zero-order valence-corrected chi connectivity index (χ0v) is 38.5. The largest absolute Gasteiger partial charge is 0.497 e. The van der Waals surface area contributed by atoms with Gasteiger partial charge < -0.3 is 30.4 Å². The number of hydrogen-bond donors (Lipinski definition) is 3. The molecule has 0 aliphatic rings. The van der Waals surface area contributed by atoms with Crippen LogP contribution in [0.15, 0.2) is 143 Å². The molecule has 1 amide bonds. The molecule has 18 nitrogen and oxygen atoms in total. The summed E-state index contributed by atoms with van der Waals surface area (Å²) in [4.78, 5) is 16.3. The summed E-state index contributed by atoms with van der Waals surface area (Å²) >= 11 is 0. The summed E-state index contributed by atoms with van der Waals surface area (Å²) in [5.74, 6) is 1.61. The molecule has 0 saturated carbocycles. The van der Waals surface area contributed by atoms with Crippen LogP contribution in [0.2, 0.25) is 0 Å². The highest BCUT2D eigenvalue weighted by atomic mass is 32.2. The Kier molecular flexibility index (Phi) is 15.1. The second kappa shape index (κ2) is 21.3. The number of nitrogen functional groups attached to an aromatic ring is 1. The number of pyridine rings is 1. The fourth-order valence-electron chi connectivity index (χ4n) is 7.22. The number of primary amides is 1. The fraction of sp³-hybridized carbons (Fsp3) is 0.213. The molecule has 0 bridgehead atoms. The van der Waals surface area contributed by atoms with E-state index < -0.39 is 48.6 Å². The third-order valence-electron chi connectivity index (χ3n) is 10.6. The van der Waals surface area contributed by atoms with E-state index in [-0.39, 0.29) is 54.5 Å². The van der Waals surface area contributed by atoms with E-state index in [1.165, 1.54) is 31.1 Å². The van der Waals surface area contributed by atoms with Gasteiger partial charge in [-0.2, -0.15) is 9.10 Å². The molecule has 0 fully saturated rings. The Morgan fingerprint density at radius 2 is 1.30 bits per heavy atom. The number of carbonyl (C=O) groups excluding carboxylic acids is 1. The third-order valence-corrected chi connectivity index (χ3v) is 14.2. The Bertz CT molecular complexity index is 2960. The van der Waals surface area contributed by atoms with E-state index in [2.05, 4.69) is 25.1 Å². The maximum absolute atomic E-state index is 16.0. The van der Waals surface area contributed by atoms with E-state index in [0.717, 1.165) is 15.4 Å². The van der Waals surface area contributed by atoms with Gasteiger partial charge >= 0.3 is 6.09 Å². The van der Waals surface area contributed by atoms with Gasteiger partial charge in [-0.3, -0.25) is 0 Å². The van der Waals surface area contributed by atoms with Crippen molar-refractivity contribution in [2.45, 2.75) is 48.3 Å². The average Bonchev–Trinajstić information content (AvgIpc) is 3.80. The predicted molar refractivity (Wildman–Crippen MR) is 250 cm³/mol. The third kappa shape index (κ3) is 11.9. The normalized spacial score (nSPS) is 12.1. The number of benzene rings is 5. The lowest BCUT2D eigenvalue weighted by Crippen LogP contribution is -2.41. The van der Waals surface area contributed by atoms with Crippen molar-refractivity contribution in [2.75, 3.05) is 33.7 Å². The number of aryl methyl sites for hydroxylation is 1. The van der Waals surface area contributed by atoms with Crippen LogP contribution < -0.4 is 30.4 Å². The molecule has 2 aromatic heterocycles. The molecule has 20 heteroatoms. The summed E-state index contributed by atoms with van der Waals surface area (Å²) in [6.45, 7) is -0.803. The molecule has 0 aliphatic carbocycles. The minimum absolute atomic E-state index is 0.106. The molecule has 67 heavy (non-hydrogen) atoms. The predicted octanol–water partition coefficient (Wildman–Crippen LogP) is 5.82. The Labute approximate surface area is 388 Å². The summed E-state index contributed by atoms with van der Waals surface area (Å²) in [6.07, 6.45) is -0.616. The van der Waals surface area contributed by atoms with E-state index in [9.17, 15) is 4.79 Å². The number of hydrogen-bond acceptors (Lipinski definition) is 14. The van der Waals surface area contributed by atoms with Crippen LogP contribution in [0.4, 0.5) is 10.6 Å². The molecule has 7 rings (SSSR count). The van der Waals surface area contributed by atoms with Crippen molar-refractivity contribution in [3.8, 4) is 39.9 Å². The van der Waals surface area contributed by atoms with Gasteiger partial charge in [0.15, 0.2) is 0 Å². The van der Waals surface area contributed by atoms with E-state index in [1.54, 1.807) is 86.0 Å². The molecular weight excluding hydrogens is 899 g/mol. The molecular formula is C47H49N9O9S2. The maximum Gasteiger partial charge on any atom is 0.404 e. The minimum atomic E-state index is -4.98. The molecule has 0 saturated heterocycles. The molecule has 0 radical (unpaired) electrons. The quantitative estimate of drug-likeness (QED) is 0.0768. The van der Waals surface area contributed by atoms with Gasteiger partial charge in [-0.25, -0.2) is 31.3 Å². The first-order valence-corrected chi connectivity index (χ1v) is 23.7. The van der Waals surface area contributed by atoms with Crippen molar-refractivity contribution < 1.29 is 40.6 Å². The topological polar surface area (TPSA) is 246 Å². The molecule has 1 atom stereocenters. The monoisotopic (exact) mass is 947 g/mol. The zero-order valence-electron chi connectivity index (χ0n) is 36.9. The number of tetrazole rings is 1. The Morgan fingerprint density at radius 3 is 1.85 bits per heavy atom. The standard InChI is InChI=1S/C47H49N9O9S2/c1-62-37-20-13-33(14-21-37)28-55(29-34-15-22-38(63-2)23-16-34)67(60,61)45-42(66(58,59)53-36(31-65-47(49)57)19-12-32-8-5-4-6-9-32)27-26-40(41-10-7-11-43(48)50-41)44(45)46-51-54-56(52-46)30-35-17-24-39(64-3)25-18-35/h4-11,13-18,20-27,36,53H,12,19,28-31H2,1-3H3,(H2,48,50)(H2,49,57). The number of nitrogens with one attached hydrogen (secondary N) is 1. The van der Waals surface area contributed by atoms with Gasteiger partial charge in [0.2, 0.25) is 25.9 Å². The van der Waals surface area contributed by atoms with E-state index in [1.807, 2.05) is 42.5 Å². The Morgan fingerprint density at radius 1 is 0.716 bits per heavy atom. The number of anilines is 1. The van der Waals surface area contributed by atoms with Crippen molar-refractivity contribution in [2.24, 2.45) is 5.73 Å². The summed E-state index contributed by atoms with van der Waals surface area (Å²) < 4.78 is 87.3. The van der Waals surface area contributed by atoms with Crippen molar-refractivity contribution in [1.29, 1.82) is 0 Å². The molecule has 5 N–H and O–H groups in total. The van der Waals surface area contributed by atoms with Crippen LogP contribution in [0.3, 0.4) is 0 Å². The second-order valence-electron chi connectivity index (χ2n) is 15.2. The number of amides is 1. The van der Waals surface area contributed by atoms with Gasteiger partial charge in [-0.05, 0) is 94.9 Å². The van der Waals surface area contributed by atoms with Gasteiger partial charge in [-0.1, -0.05) is 78.9 Å². The lowest BCUT2D eigenvalue weighted by molar-refractivity contribution is 0.145. The van der Waals surface area contributed by atoms with Crippen molar-refractivity contribution in [1.82, 2.24) is 34.2 Å². The van der Waals surface area contributed by atoms with Crippen molar-refractivity contribution in [3.63, 3.8) is 0 Å². The Hall–Kier alpha value is -7.39. The van der Waals surface area contributed by atoms with Crippen molar-refractivity contribution in [3.05, 3.63) is 156 Å². The number of aromatic nitrogens is 5. The van der Waals surface area contributed by atoms with Gasteiger partial charge in [0.25, 0.3) is 0 Å². The number of sulfonamides is 2. The molecule has 0 aliphatic heterocycles. The lowest BCUT2D eigenvalue weighted by atomic mass is 10.0. The number of methoxy groups -OCH3 is 3. The number of rotatable bonds is 21. The highest BCUT2D eigenvalue weighted by Crippen LogP contribution is 2.41. The molecule has 0 spiro atoms. The van der Waals surface area contributed by atoms with Crippen LogP contribution in [0.25, 0.3) is 22.6 Å². The number of nitrogens with two attached hydrogens (primary N) is 2. The number of nitrogens with zero attached hydrogens (tertiary/aromatic N) is 6. The molecule has 5 aromatic carbocycles. The van der Waals surface area contributed by atoms with Crippen LogP contribution in [0.5, 0.6) is 17.2 Å². The van der Waals surface area contributed by atoms with E-state index >= 15 is 16.8 Å². The van der Waals surface area contributed by atoms with E-state index in [0.29, 0.717) is 34.8 Å². The van der Waals surface area contributed by atoms with Crippen LogP contribution in [0, 0.1) is 0 Å². The van der Waals surface area contributed by atoms with Crippen LogP contribution in [-0.4, -0.2) is 86.4 Å². The molecule has 1 unspecified atom stereocenters. The fourth-order valence-corrected chi connectivity index (χ4v) is 10.9. The first kappa shape index (κ1) is 47.6. The van der Waals surface area contributed by atoms with Gasteiger partial charge in [-0.15, -0.1) is 10.2 Å². The first-order chi connectivity index (χ1) is 32.3. The van der Waals surface area contributed by atoms with Gasteiger partial charge in [0, 0.05) is 18.7 Å². The van der Waals surface area contributed by atoms with Gasteiger partial charge in [0.05, 0.1) is 45.2 Å². The van der Waals surface area contributed by atoms with E-state index in [4.69, 9.17) is 30.4 Å². The maximum atomic E-state index is 16.0. The minimum Gasteiger partial charge on any atom is -0.497 e. The first-order valence-electron chi connectivity index (χ1n) is 20.8. The summed E-state index contributed by atoms with van der Waals surface area (Å²) in [5, 5.41) is 13.3. The second-order valence-corrected chi connectivity index (χ2v) is 18.8. The lowest BCUT2D eigenvalue weighted by Gasteiger charge is -2.27. The summed E-state index contributed by atoms with van der Waals surface area (Å²) in [7, 11) is -5.26. The van der Waals surface area contributed by atoms with Crippen LogP contribution in [0.1, 0.15) is 28.7 Å². The van der Waals surface area contributed by atoms with Gasteiger partial charge in [0.1, 0.15) is 39.5 Å². The molecule has 2 heterocycles. The van der Waals surface area contributed by atoms with Crippen LogP contribution >= 0.6 is 0 Å². The summed E-state index contributed by atoms with van der Waals surface area (Å²) in [6, 6.07) is 36.4. The SMILES string of the molecule is COc1ccc(CN(Cc2ccc(OC)cc2)S(=O)(=O)c2c(S(=O)(=O)NC(CCc3ccccc3)COC(N)=O)ccc(-c3cccc(N)n3)c2-c2nnn(Cc3ccc(OC)cc3)n2)cc1. The number of ether oxygens (including phenoxy) is 4. The molecule has 7 aromatic rings. The van der Waals surface area contributed by atoms with Crippen LogP contribution in [-0.2, 0) is 50.8 Å². The highest BCUT2D eigenvalue weighted by molar-refractivity contribution is 7.92. The van der Waals surface area contributed by atoms with Crippen molar-refractivity contribution >= 4 is 32.0 Å². The smallest absolute Gasteiger partial charge is 0.404 e. The molecule has 348 valence electrons. The highest BCUT2D eigenvalue weighted by Gasteiger charge is 2.39. The average molecular weight is 948 g/mol. The number of carbonyl (C=O) groups is 1. The zero-order chi connectivity index (χ0) is 47.6.